The van der Waals surface area contributed by atoms with Crippen LogP contribution >= 0.6 is 0 Å². The van der Waals surface area contributed by atoms with Crippen LogP contribution in [-0.2, 0) is 22.6 Å². The number of nitrogens with one attached hydrogen (secondary N) is 1. The number of ketones is 1. The molecule has 0 bridgehead atoms. The molecule has 2 rings (SSSR count). The summed E-state index contributed by atoms with van der Waals surface area (Å²) in [4.78, 5) is 26.2. The van der Waals surface area contributed by atoms with Crippen LogP contribution in [0.4, 0.5) is 0 Å². The maximum atomic E-state index is 12.4. The highest BCUT2D eigenvalue weighted by atomic mass is 16.5. The summed E-state index contributed by atoms with van der Waals surface area (Å²) in [5.74, 6) is 1.08. The summed E-state index contributed by atoms with van der Waals surface area (Å²) in [6.45, 7) is 2.26. The standard InChI is InChI=1S/C22H28N2O4/c1-16(25)19(12-17-8-6-5-7-9-17)23-22(26)15-24(2)14-18-10-11-20(27-3)21(13-18)28-4/h5-11,13,19H,12,14-15H2,1-4H3,(H,23,26). The van der Waals surface area contributed by atoms with E-state index in [4.69, 9.17) is 9.47 Å². The van der Waals surface area contributed by atoms with Gasteiger partial charge in [-0.2, -0.15) is 0 Å². The first kappa shape index (κ1) is 21.4. The molecule has 0 aliphatic rings. The Kier molecular flexibility index (Phi) is 8.02. The maximum absolute atomic E-state index is 12.4. The summed E-state index contributed by atoms with van der Waals surface area (Å²) >= 11 is 0. The summed E-state index contributed by atoms with van der Waals surface area (Å²) in [6, 6.07) is 14.8. The largest absolute Gasteiger partial charge is 0.493 e. The second-order valence-electron chi connectivity index (χ2n) is 6.78. The van der Waals surface area contributed by atoms with Gasteiger partial charge in [0, 0.05) is 6.54 Å². The van der Waals surface area contributed by atoms with Crippen LogP contribution in [0, 0.1) is 0 Å². The third-order valence-corrected chi connectivity index (χ3v) is 4.42. The zero-order valence-corrected chi connectivity index (χ0v) is 16.9. The van der Waals surface area contributed by atoms with Crippen molar-refractivity contribution in [2.45, 2.75) is 25.9 Å². The molecule has 0 aliphatic carbocycles. The fraction of sp³-hybridized carbons (Fsp3) is 0.364. The molecule has 1 unspecified atom stereocenters. The number of carbonyl (C=O) groups is 2. The van der Waals surface area contributed by atoms with Crippen molar-refractivity contribution in [1.82, 2.24) is 10.2 Å². The summed E-state index contributed by atoms with van der Waals surface area (Å²) in [7, 11) is 5.04. The highest BCUT2D eigenvalue weighted by molar-refractivity contribution is 5.88. The molecule has 0 saturated heterocycles. The lowest BCUT2D eigenvalue weighted by molar-refractivity contribution is -0.127. The Morgan fingerprint density at radius 2 is 1.68 bits per heavy atom. The van der Waals surface area contributed by atoms with E-state index in [-0.39, 0.29) is 18.2 Å². The van der Waals surface area contributed by atoms with Gasteiger partial charge in [-0.1, -0.05) is 36.4 Å². The molecule has 6 nitrogen and oxygen atoms in total. The fourth-order valence-electron chi connectivity index (χ4n) is 2.98. The average Bonchev–Trinajstić information content (AvgIpc) is 2.67. The first-order chi connectivity index (χ1) is 13.4. The van der Waals surface area contributed by atoms with Crippen LogP contribution in [0.1, 0.15) is 18.1 Å². The number of amides is 1. The van der Waals surface area contributed by atoms with Crippen LogP contribution in [0.25, 0.3) is 0 Å². The van der Waals surface area contributed by atoms with Gasteiger partial charge in [0.25, 0.3) is 0 Å². The normalized spacial score (nSPS) is 11.8. The van der Waals surface area contributed by atoms with Gasteiger partial charge in [0.15, 0.2) is 17.3 Å². The Hall–Kier alpha value is -2.86. The number of benzene rings is 2. The molecular formula is C22H28N2O4. The van der Waals surface area contributed by atoms with Gasteiger partial charge in [-0.3, -0.25) is 14.5 Å². The third kappa shape index (κ3) is 6.39. The fourth-order valence-corrected chi connectivity index (χ4v) is 2.98. The molecule has 1 amide bonds. The van der Waals surface area contributed by atoms with Crippen LogP contribution in [-0.4, -0.2) is 50.4 Å². The molecule has 2 aromatic carbocycles. The molecule has 28 heavy (non-hydrogen) atoms. The van der Waals surface area contributed by atoms with E-state index in [0.29, 0.717) is 24.5 Å². The molecule has 1 N–H and O–H groups in total. The molecule has 2 aromatic rings. The minimum atomic E-state index is -0.524. The number of likely N-dealkylation sites (N-methyl/N-ethyl adjacent to an activating group) is 1. The minimum absolute atomic E-state index is 0.0558. The van der Waals surface area contributed by atoms with Gasteiger partial charge in [-0.15, -0.1) is 0 Å². The molecule has 0 spiro atoms. The van der Waals surface area contributed by atoms with E-state index in [2.05, 4.69) is 5.32 Å². The third-order valence-electron chi connectivity index (χ3n) is 4.42. The topological polar surface area (TPSA) is 67.9 Å². The minimum Gasteiger partial charge on any atom is -0.493 e. The van der Waals surface area contributed by atoms with Crippen molar-refractivity contribution in [3.63, 3.8) is 0 Å². The Balaban J connectivity index is 1.92. The van der Waals surface area contributed by atoms with Gasteiger partial charge in [0.05, 0.1) is 26.8 Å². The van der Waals surface area contributed by atoms with Gasteiger partial charge in [-0.05, 0) is 43.7 Å². The molecule has 0 fully saturated rings. The Bertz CT molecular complexity index is 792. The zero-order chi connectivity index (χ0) is 20.5. The number of nitrogens with zero attached hydrogens (tertiary/aromatic N) is 1. The molecule has 0 saturated carbocycles. The predicted molar refractivity (Wildman–Crippen MR) is 109 cm³/mol. The predicted octanol–water partition coefficient (Wildman–Crippen LogP) is 2.45. The Labute approximate surface area is 166 Å². The van der Waals surface area contributed by atoms with Crippen LogP contribution in [0.15, 0.2) is 48.5 Å². The first-order valence-corrected chi connectivity index (χ1v) is 9.16. The molecule has 6 heteroatoms. The highest BCUT2D eigenvalue weighted by Crippen LogP contribution is 2.27. The SMILES string of the molecule is COc1ccc(CN(C)CC(=O)NC(Cc2ccccc2)C(C)=O)cc1OC. The Morgan fingerprint density at radius 1 is 1.00 bits per heavy atom. The summed E-state index contributed by atoms with van der Waals surface area (Å²) in [5.41, 5.74) is 2.02. The van der Waals surface area contributed by atoms with Gasteiger partial charge in [-0.25, -0.2) is 0 Å². The number of carbonyl (C=O) groups excluding carboxylic acids is 2. The summed E-state index contributed by atoms with van der Waals surface area (Å²) in [6.07, 6.45) is 0.487. The van der Waals surface area contributed by atoms with Crippen molar-refractivity contribution >= 4 is 11.7 Å². The molecule has 1 atom stereocenters. The van der Waals surface area contributed by atoms with Gasteiger partial charge in [0.2, 0.25) is 5.91 Å². The maximum Gasteiger partial charge on any atom is 0.234 e. The van der Waals surface area contributed by atoms with Crippen LogP contribution in [0.5, 0.6) is 11.5 Å². The number of Topliss-reactive ketones (excluding diaryl/α,β-unsaturated/α-hetero) is 1. The van der Waals surface area contributed by atoms with E-state index < -0.39 is 6.04 Å². The molecule has 0 aliphatic heterocycles. The number of hydrogen-bond donors (Lipinski definition) is 1. The zero-order valence-electron chi connectivity index (χ0n) is 16.9. The Morgan fingerprint density at radius 3 is 2.29 bits per heavy atom. The number of hydrogen-bond acceptors (Lipinski definition) is 5. The molecular weight excluding hydrogens is 356 g/mol. The van der Waals surface area contributed by atoms with Crippen LogP contribution < -0.4 is 14.8 Å². The van der Waals surface area contributed by atoms with Gasteiger partial charge >= 0.3 is 0 Å². The summed E-state index contributed by atoms with van der Waals surface area (Å²) in [5, 5.41) is 2.85. The van der Waals surface area contributed by atoms with Crippen molar-refractivity contribution in [3.05, 3.63) is 59.7 Å². The van der Waals surface area contributed by atoms with Gasteiger partial charge in [0.1, 0.15) is 0 Å². The second kappa shape index (κ2) is 10.5. The summed E-state index contributed by atoms with van der Waals surface area (Å²) < 4.78 is 10.6. The molecule has 150 valence electrons. The number of ether oxygens (including phenoxy) is 2. The van der Waals surface area contributed by atoms with E-state index in [1.807, 2.05) is 60.5 Å². The molecule has 0 aromatic heterocycles. The lowest BCUT2D eigenvalue weighted by atomic mass is 10.0. The smallest absolute Gasteiger partial charge is 0.234 e. The van der Waals surface area contributed by atoms with E-state index >= 15 is 0 Å². The van der Waals surface area contributed by atoms with Gasteiger partial charge < -0.3 is 14.8 Å². The monoisotopic (exact) mass is 384 g/mol. The van der Waals surface area contributed by atoms with E-state index in [9.17, 15) is 9.59 Å². The van der Waals surface area contributed by atoms with Crippen molar-refractivity contribution < 1.29 is 19.1 Å². The quantitative estimate of drug-likeness (QED) is 0.682. The number of rotatable bonds is 10. The second-order valence-corrected chi connectivity index (χ2v) is 6.78. The van der Waals surface area contributed by atoms with Crippen molar-refractivity contribution in [2.75, 3.05) is 27.8 Å². The lowest BCUT2D eigenvalue weighted by Gasteiger charge is -2.20. The number of methoxy groups -OCH3 is 2. The average molecular weight is 384 g/mol. The van der Waals surface area contributed by atoms with E-state index in [0.717, 1.165) is 11.1 Å². The van der Waals surface area contributed by atoms with Crippen LogP contribution in [0.2, 0.25) is 0 Å². The first-order valence-electron chi connectivity index (χ1n) is 9.16. The molecule has 0 heterocycles. The van der Waals surface area contributed by atoms with Crippen molar-refractivity contribution in [1.29, 1.82) is 0 Å². The van der Waals surface area contributed by atoms with Crippen LogP contribution in [0.3, 0.4) is 0 Å². The van der Waals surface area contributed by atoms with Crippen molar-refractivity contribution in [2.24, 2.45) is 0 Å². The highest BCUT2D eigenvalue weighted by Gasteiger charge is 2.18. The van der Waals surface area contributed by atoms with Crippen molar-refractivity contribution in [3.8, 4) is 11.5 Å². The molecule has 0 radical (unpaired) electrons. The van der Waals surface area contributed by atoms with E-state index in [1.165, 1.54) is 6.92 Å². The lowest BCUT2D eigenvalue weighted by Crippen LogP contribution is -2.45. The van der Waals surface area contributed by atoms with E-state index in [1.54, 1.807) is 14.2 Å².